The van der Waals surface area contributed by atoms with Gasteiger partial charge < -0.3 is 20.1 Å². The van der Waals surface area contributed by atoms with Crippen molar-refractivity contribution in [3.8, 4) is 16.9 Å². The molecule has 2 N–H and O–H groups in total. The molecule has 4 atom stereocenters. The lowest BCUT2D eigenvalue weighted by molar-refractivity contribution is 0.118. The van der Waals surface area contributed by atoms with Gasteiger partial charge in [0, 0.05) is 66.4 Å². The van der Waals surface area contributed by atoms with Gasteiger partial charge in [0.2, 0.25) is 0 Å². The van der Waals surface area contributed by atoms with Crippen molar-refractivity contribution >= 4 is 40.8 Å². The summed E-state index contributed by atoms with van der Waals surface area (Å²) in [5.74, 6) is -1.04. The number of nitrogens with one attached hydrogen (secondary N) is 1. The standard InChI is InChI=1S/C34H38F3N5O2S/c1-38-33-26(14-27(35)30(32(33)37)29-25-6-3-2-5-20(25)13-28(43)31(29)36)34(41-15-21-7-8-22(16-41)40-21)39-19-44-12-4-11-42-23-9-10-24(42)18-45-17-23/h2-3,5-6,13-14,21-24,40,43H,1,4,7-12,15-19H2. The van der Waals surface area contributed by atoms with Gasteiger partial charge in [0.05, 0.1) is 12.2 Å². The summed E-state index contributed by atoms with van der Waals surface area (Å²) >= 11 is 2.06. The molecule has 3 aromatic rings. The summed E-state index contributed by atoms with van der Waals surface area (Å²) in [5.41, 5.74) is -1.05. The molecule has 4 fully saturated rings. The van der Waals surface area contributed by atoms with Crippen LogP contribution in [0.4, 0.5) is 18.9 Å². The number of amidine groups is 1. The Bertz CT molecular complexity index is 1610. The molecular weight excluding hydrogens is 599 g/mol. The van der Waals surface area contributed by atoms with Gasteiger partial charge >= 0.3 is 0 Å². The van der Waals surface area contributed by atoms with Gasteiger partial charge in [-0.25, -0.2) is 18.2 Å². The number of fused-ring (bicyclic) bond motifs is 5. The normalized spacial score (nSPS) is 25.0. The number of phenolic OH excluding ortho intramolecular Hbond substituents is 1. The van der Waals surface area contributed by atoms with Crippen LogP contribution in [0.15, 0.2) is 46.4 Å². The van der Waals surface area contributed by atoms with Crippen LogP contribution in [0, 0.1) is 17.5 Å². The van der Waals surface area contributed by atoms with E-state index in [0.29, 0.717) is 43.0 Å². The molecule has 4 saturated heterocycles. The summed E-state index contributed by atoms with van der Waals surface area (Å²) in [5, 5.41) is 14.6. The minimum absolute atomic E-state index is 0.0324. The fourth-order valence-electron chi connectivity index (χ4n) is 7.64. The first-order chi connectivity index (χ1) is 21.9. The number of ether oxygens (including phenoxy) is 1. The highest BCUT2D eigenvalue weighted by molar-refractivity contribution is 7.99. The van der Waals surface area contributed by atoms with Crippen LogP contribution in [0.1, 0.15) is 37.7 Å². The van der Waals surface area contributed by atoms with E-state index < -0.39 is 28.8 Å². The Balaban J connectivity index is 1.19. The number of hydrogen-bond acceptors (Lipinski definition) is 7. The largest absolute Gasteiger partial charge is 0.505 e. The summed E-state index contributed by atoms with van der Waals surface area (Å²) in [4.78, 5) is 13.4. The third-order valence-corrected chi connectivity index (χ3v) is 11.0. The van der Waals surface area contributed by atoms with Crippen molar-refractivity contribution in [1.82, 2.24) is 15.1 Å². The monoisotopic (exact) mass is 637 g/mol. The number of aliphatic imine (C=N–C) groups is 2. The molecule has 7 nitrogen and oxygen atoms in total. The summed E-state index contributed by atoms with van der Waals surface area (Å²) in [6.07, 6.45) is 5.47. The number of rotatable bonds is 9. The second kappa shape index (κ2) is 12.9. The number of thioether (sulfide) groups is 1. The molecule has 0 aromatic heterocycles. The van der Waals surface area contributed by atoms with E-state index in [9.17, 15) is 5.11 Å². The fraction of sp³-hybridized carbons (Fsp3) is 0.471. The van der Waals surface area contributed by atoms with Crippen molar-refractivity contribution in [3.05, 3.63) is 59.4 Å². The highest BCUT2D eigenvalue weighted by Gasteiger charge is 2.37. The first-order valence-corrected chi connectivity index (χ1v) is 16.9. The lowest BCUT2D eigenvalue weighted by Gasteiger charge is -2.35. The molecule has 7 rings (SSSR count). The topological polar surface area (TPSA) is 72.7 Å². The predicted octanol–water partition coefficient (Wildman–Crippen LogP) is 6.09. The second-order valence-corrected chi connectivity index (χ2v) is 13.6. The van der Waals surface area contributed by atoms with Gasteiger partial charge in [0.15, 0.2) is 17.4 Å². The van der Waals surface area contributed by atoms with Crippen molar-refractivity contribution in [3.63, 3.8) is 0 Å². The number of nitrogens with zero attached hydrogens (tertiary/aromatic N) is 4. The third-order valence-electron chi connectivity index (χ3n) is 9.73. The smallest absolute Gasteiger partial charge is 0.173 e. The van der Waals surface area contributed by atoms with Crippen LogP contribution >= 0.6 is 11.8 Å². The maximum atomic E-state index is 16.4. The molecule has 0 radical (unpaired) electrons. The van der Waals surface area contributed by atoms with Gasteiger partial charge in [0.25, 0.3) is 0 Å². The van der Waals surface area contributed by atoms with Gasteiger partial charge in [-0.1, -0.05) is 24.3 Å². The van der Waals surface area contributed by atoms with E-state index in [2.05, 4.69) is 33.7 Å². The van der Waals surface area contributed by atoms with Gasteiger partial charge in [-0.05, 0) is 61.7 Å². The Morgan fingerprint density at radius 2 is 1.73 bits per heavy atom. The molecular formula is C34H38F3N5O2S. The average molecular weight is 638 g/mol. The number of halogens is 3. The van der Waals surface area contributed by atoms with Crippen LogP contribution in [0.5, 0.6) is 5.75 Å². The van der Waals surface area contributed by atoms with Crippen molar-refractivity contribution in [2.24, 2.45) is 9.98 Å². The van der Waals surface area contributed by atoms with Gasteiger partial charge in [0.1, 0.15) is 24.1 Å². The van der Waals surface area contributed by atoms with E-state index in [-0.39, 0.29) is 41.0 Å². The molecule has 11 heteroatoms. The van der Waals surface area contributed by atoms with Crippen LogP contribution in [-0.4, -0.2) is 96.1 Å². The molecule has 4 bridgehead atoms. The molecule has 238 valence electrons. The zero-order valence-corrected chi connectivity index (χ0v) is 26.0. The number of phenols is 1. The minimum Gasteiger partial charge on any atom is -0.505 e. The van der Waals surface area contributed by atoms with Crippen molar-refractivity contribution in [2.75, 3.05) is 44.5 Å². The summed E-state index contributed by atoms with van der Waals surface area (Å²) in [6.45, 7) is 6.40. The lowest BCUT2D eigenvalue weighted by Crippen LogP contribution is -2.53. The molecule has 0 amide bonds. The Morgan fingerprint density at radius 3 is 2.47 bits per heavy atom. The Kier molecular flexibility index (Phi) is 8.78. The second-order valence-electron chi connectivity index (χ2n) is 12.5. The summed E-state index contributed by atoms with van der Waals surface area (Å²) < 4.78 is 53.9. The number of hydrogen-bond donors (Lipinski definition) is 2. The summed E-state index contributed by atoms with van der Waals surface area (Å²) in [6, 6.07) is 10.8. The SMILES string of the molecule is C=Nc1c(C(=NCOCCCN2C3CCC2CSC3)N2CC3CCC(C2)N3)cc(F)c(-c2c(F)c(O)cc3ccccc23)c1F. The Hall–Kier alpha value is -3.12. The highest BCUT2D eigenvalue weighted by Crippen LogP contribution is 2.42. The van der Waals surface area contributed by atoms with Crippen molar-refractivity contribution in [2.45, 2.75) is 56.3 Å². The molecule has 4 aliphatic rings. The van der Waals surface area contributed by atoms with Crippen LogP contribution in [0.25, 0.3) is 21.9 Å². The van der Waals surface area contributed by atoms with Crippen LogP contribution in [0.2, 0.25) is 0 Å². The lowest BCUT2D eigenvalue weighted by atomic mass is 9.94. The number of aromatic hydroxyl groups is 1. The zero-order chi connectivity index (χ0) is 31.1. The minimum atomic E-state index is -1.11. The molecule has 3 aromatic carbocycles. The first kappa shape index (κ1) is 30.5. The predicted molar refractivity (Wildman–Crippen MR) is 174 cm³/mol. The average Bonchev–Trinajstić information content (AvgIpc) is 3.48. The maximum Gasteiger partial charge on any atom is 0.173 e. The molecule has 0 saturated carbocycles. The molecule has 0 aliphatic carbocycles. The molecule has 4 heterocycles. The van der Waals surface area contributed by atoms with E-state index >= 15 is 13.2 Å². The number of piperazine rings is 1. The van der Waals surface area contributed by atoms with Gasteiger partial charge in [-0.3, -0.25) is 9.89 Å². The van der Waals surface area contributed by atoms with Crippen LogP contribution in [-0.2, 0) is 4.74 Å². The van der Waals surface area contributed by atoms with E-state index in [1.54, 1.807) is 24.3 Å². The Morgan fingerprint density at radius 1 is 1.00 bits per heavy atom. The maximum absolute atomic E-state index is 16.4. The zero-order valence-electron chi connectivity index (χ0n) is 25.2. The van der Waals surface area contributed by atoms with Gasteiger partial charge in [-0.15, -0.1) is 0 Å². The van der Waals surface area contributed by atoms with E-state index in [4.69, 9.17) is 9.73 Å². The van der Waals surface area contributed by atoms with Gasteiger partial charge in [-0.2, -0.15) is 11.8 Å². The van der Waals surface area contributed by atoms with Crippen molar-refractivity contribution in [1.29, 1.82) is 0 Å². The molecule has 4 aliphatic heterocycles. The van der Waals surface area contributed by atoms with E-state index in [1.807, 2.05) is 4.90 Å². The first-order valence-electron chi connectivity index (χ1n) is 15.8. The number of benzene rings is 3. The van der Waals surface area contributed by atoms with Crippen LogP contribution in [0.3, 0.4) is 0 Å². The van der Waals surface area contributed by atoms with Crippen LogP contribution < -0.4 is 5.32 Å². The quantitative estimate of drug-likeness (QED) is 0.168. The summed E-state index contributed by atoms with van der Waals surface area (Å²) in [7, 11) is 0. The van der Waals surface area contributed by atoms with Crippen molar-refractivity contribution < 1.29 is 23.0 Å². The Labute approximate surface area is 265 Å². The third kappa shape index (κ3) is 5.84. The molecule has 4 unspecified atom stereocenters. The fourth-order valence-corrected chi connectivity index (χ4v) is 9.04. The van der Waals surface area contributed by atoms with E-state index in [0.717, 1.165) is 31.9 Å². The molecule has 0 spiro atoms. The molecule has 45 heavy (non-hydrogen) atoms. The van der Waals surface area contributed by atoms with E-state index in [1.165, 1.54) is 30.4 Å². The number of likely N-dealkylation sites (tertiary alicyclic amines) is 1. The highest BCUT2D eigenvalue weighted by atomic mass is 32.2.